The molecule has 0 aromatic heterocycles. The summed E-state index contributed by atoms with van der Waals surface area (Å²) < 4.78 is 0. The summed E-state index contributed by atoms with van der Waals surface area (Å²) in [5.74, 6) is -2.36. The molecule has 0 saturated heterocycles. The van der Waals surface area contributed by atoms with Gasteiger partial charge in [0.25, 0.3) is 0 Å². The normalized spacial score (nSPS) is 14.4. The number of aliphatic hydroxyl groups excluding tert-OH is 2. The van der Waals surface area contributed by atoms with Gasteiger partial charge in [-0.05, 0) is 6.42 Å². The highest BCUT2D eigenvalue weighted by atomic mass is 16.7. The van der Waals surface area contributed by atoms with E-state index in [-0.39, 0.29) is 19.4 Å². The molecular formula is C8H15NO7. The maximum absolute atomic E-state index is 10.6. The highest BCUT2D eigenvalue weighted by Gasteiger charge is 2.18. The van der Waals surface area contributed by atoms with Crippen molar-refractivity contribution in [2.75, 3.05) is 13.2 Å². The zero-order valence-electron chi connectivity index (χ0n) is 8.50. The molecule has 94 valence electrons. The standard InChI is InChI=1S/C8H15NO7/c10-3-5(11)4-16-9-6(8(14)15)1-2-7(12)13/h5-6,9-11H,1-4H2,(H,12,13)(H,14,15)/t5?,6-/m0/s1. The molecule has 0 aliphatic carbocycles. The first-order valence-corrected chi connectivity index (χ1v) is 4.58. The van der Waals surface area contributed by atoms with Crippen LogP contribution in [0.5, 0.6) is 0 Å². The lowest BCUT2D eigenvalue weighted by molar-refractivity contribution is -0.146. The first-order valence-electron chi connectivity index (χ1n) is 4.58. The minimum Gasteiger partial charge on any atom is -0.481 e. The molecule has 8 heteroatoms. The molecule has 16 heavy (non-hydrogen) atoms. The predicted octanol–water partition coefficient (Wildman–Crippen LogP) is -1.82. The van der Waals surface area contributed by atoms with Crippen molar-refractivity contribution in [3.05, 3.63) is 0 Å². The fourth-order valence-electron chi connectivity index (χ4n) is 0.798. The van der Waals surface area contributed by atoms with Gasteiger partial charge >= 0.3 is 11.9 Å². The molecule has 2 atom stereocenters. The number of rotatable bonds is 9. The van der Waals surface area contributed by atoms with Crippen molar-refractivity contribution >= 4 is 11.9 Å². The van der Waals surface area contributed by atoms with E-state index in [2.05, 4.69) is 10.3 Å². The topological polar surface area (TPSA) is 136 Å². The predicted molar refractivity (Wildman–Crippen MR) is 50.5 cm³/mol. The van der Waals surface area contributed by atoms with Crippen LogP contribution in [0.15, 0.2) is 0 Å². The Labute approximate surface area is 91.4 Å². The summed E-state index contributed by atoms with van der Waals surface area (Å²) in [6, 6.07) is -1.16. The van der Waals surface area contributed by atoms with Crippen molar-refractivity contribution in [3.8, 4) is 0 Å². The molecule has 1 unspecified atom stereocenters. The van der Waals surface area contributed by atoms with Gasteiger partial charge in [-0.25, -0.2) is 0 Å². The summed E-state index contributed by atoms with van der Waals surface area (Å²) >= 11 is 0. The van der Waals surface area contributed by atoms with Crippen LogP contribution in [0.3, 0.4) is 0 Å². The molecule has 0 radical (unpaired) electrons. The van der Waals surface area contributed by atoms with Crippen molar-refractivity contribution in [2.24, 2.45) is 0 Å². The summed E-state index contributed by atoms with van der Waals surface area (Å²) in [7, 11) is 0. The van der Waals surface area contributed by atoms with E-state index in [0.29, 0.717) is 0 Å². The van der Waals surface area contributed by atoms with Crippen LogP contribution in [0, 0.1) is 0 Å². The number of carbonyl (C=O) groups is 2. The molecule has 0 rings (SSSR count). The van der Waals surface area contributed by atoms with E-state index in [1.54, 1.807) is 0 Å². The first kappa shape index (κ1) is 14.8. The smallest absolute Gasteiger partial charge is 0.323 e. The summed E-state index contributed by atoms with van der Waals surface area (Å²) in [6.07, 6.45) is -1.56. The fourth-order valence-corrected chi connectivity index (χ4v) is 0.798. The number of carboxylic acids is 2. The number of nitrogens with one attached hydrogen (secondary N) is 1. The second kappa shape index (κ2) is 7.99. The molecule has 5 N–H and O–H groups in total. The van der Waals surface area contributed by atoms with Crippen LogP contribution in [0.4, 0.5) is 0 Å². The molecule has 0 heterocycles. The van der Waals surface area contributed by atoms with Crippen molar-refractivity contribution in [1.29, 1.82) is 0 Å². The summed E-state index contributed by atoms with van der Waals surface area (Å²) in [4.78, 5) is 25.4. The Morgan fingerprint density at radius 1 is 1.31 bits per heavy atom. The minimum atomic E-state index is -1.25. The van der Waals surface area contributed by atoms with Crippen LogP contribution in [-0.4, -0.2) is 57.7 Å². The Morgan fingerprint density at radius 3 is 2.38 bits per heavy atom. The number of hydrogen-bond donors (Lipinski definition) is 5. The molecule has 0 aromatic rings. The first-order chi connectivity index (χ1) is 7.47. The second-order valence-electron chi connectivity index (χ2n) is 3.09. The third-order valence-corrected chi connectivity index (χ3v) is 1.66. The Bertz CT molecular complexity index is 232. The van der Waals surface area contributed by atoms with Crippen LogP contribution in [0.2, 0.25) is 0 Å². The van der Waals surface area contributed by atoms with E-state index in [4.69, 9.17) is 20.4 Å². The van der Waals surface area contributed by atoms with Crippen LogP contribution in [0.1, 0.15) is 12.8 Å². The summed E-state index contributed by atoms with van der Waals surface area (Å²) in [5, 5.41) is 34.3. The van der Waals surface area contributed by atoms with Gasteiger partial charge in [0.05, 0.1) is 13.2 Å². The third kappa shape index (κ3) is 7.12. The van der Waals surface area contributed by atoms with E-state index in [9.17, 15) is 9.59 Å². The molecular weight excluding hydrogens is 222 g/mol. The fraction of sp³-hybridized carbons (Fsp3) is 0.750. The highest BCUT2D eigenvalue weighted by Crippen LogP contribution is 1.98. The number of aliphatic carboxylic acids is 2. The van der Waals surface area contributed by atoms with E-state index in [0.717, 1.165) is 0 Å². The zero-order valence-corrected chi connectivity index (χ0v) is 8.50. The SMILES string of the molecule is O=C(O)CC[C@H](NOCC(O)CO)C(=O)O. The molecule has 0 bridgehead atoms. The average molecular weight is 237 g/mol. The summed E-state index contributed by atoms with van der Waals surface area (Å²) in [6.45, 7) is -0.790. The number of hydrogen-bond acceptors (Lipinski definition) is 6. The molecule has 0 aliphatic rings. The molecule has 0 spiro atoms. The lowest BCUT2D eigenvalue weighted by Crippen LogP contribution is -2.39. The zero-order chi connectivity index (χ0) is 12.6. The van der Waals surface area contributed by atoms with E-state index < -0.39 is 30.7 Å². The Morgan fingerprint density at radius 2 is 1.94 bits per heavy atom. The Balaban J connectivity index is 3.85. The van der Waals surface area contributed by atoms with Crippen LogP contribution in [0.25, 0.3) is 0 Å². The van der Waals surface area contributed by atoms with E-state index >= 15 is 0 Å². The monoisotopic (exact) mass is 237 g/mol. The van der Waals surface area contributed by atoms with Gasteiger partial charge in [-0.3, -0.25) is 14.4 Å². The van der Waals surface area contributed by atoms with Crippen LogP contribution < -0.4 is 5.48 Å². The van der Waals surface area contributed by atoms with Crippen molar-refractivity contribution in [2.45, 2.75) is 25.0 Å². The maximum Gasteiger partial charge on any atom is 0.323 e. The van der Waals surface area contributed by atoms with Gasteiger partial charge in [0.15, 0.2) is 0 Å². The number of aliphatic hydroxyl groups is 2. The quantitative estimate of drug-likeness (QED) is 0.296. The summed E-state index contributed by atoms with van der Waals surface area (Å²) in [5.41, 5.74) is 2.11. The third-order valence-electron chi connectivity index (χ3n) is 1.66. The largest absolute Gasteiger partial charge is 0.481 e. The van der Waals surface area contributed by atoms with Gasteiger partial charge < -0.3 is 20.4 Å². The highest BCUT2D eigenvalue weighted by molar-refractivity contribution is 5.74. The van der Waals surface area contributed by atoms with Gasteiger partial charge in [-0.2, -0.15) is 5.48 Å². The van der Waals surface area contributed by atoms with E-state index in [1.807, 2.05) is 0 Å². The minimum absolute atomic E-state index is 0.139. The molecule has 0 fully saturated rings. The molecule has 0 aliphatic heterocycles. The maximum atomic E-state index is 10.6. The van der Waals surface area contributed by atoms with Crippen LogP contribution in [-0.2, 0) is 14.4 Å². The van der Waals surface area contributed by atoms with E-state index in [1.165, 1.54) is 0 Å². The van der Waals surface area contributed by atoms with Gasteiger partial charge in [-0.1, -0.05) is 0 Å². The average Bonchev–Trinajstić information content (AvgIpc) is 2.21. The van der Waals surface area contributed by atoms with Gasteiger partial charge in [0.1, 0.15) is 12.1 Å². The Kier molecular flexibility index (Phi) is 7.38. The Hall–Kier alpha value is -1.22. The van der Waals surface area contributed by atoms with Gasteiger partial charge in [0.2, 0.25) is 0 Å². The number of hydroxylamine groups is 1. The lowest BCUT2D eigenvalue weighted by atomic mass is 10.2. The second-order valence-corrected chi connectivity index (χ2v) is 3.09. The van der Waals surface area contributed by atoms with Gasteiger partial charge in [0, 0.05) is 6.42 Å². The molecule has 8 nitrogen and oxygen atoms in total. The molecule has 0 saturated carbocycles. The van der Waals surface area contributed by atoms with Crippen molar-refractivity contribution < 1.29 is 34.9 Å². The lowest BCUT2D eigenvalue weighted by Gasteiger charge is -2.14. The number of carboxylic acid groups (broad SMARTS) is 2. The molecule has 0 amide bonds. The molecule has 0 aromatic carbocycles. The van der Waals surface area contributed by atoms with Gasteiger partial charge in [-0.15, -0.1) is 0 Å². The van der Waals surface area contributed by atoms with Crippen molar-refractivity contribution in [3.63, 3.8) is 0 Å². The van der Waals surface area contributed by atoms with Crippen LogP contribution >= 0.6 is 0 Å². The van der Waals surface area contributed by atoms with Crippen molar-refractivity contribution in [1.82, 2.24) is 5.48 Å².